The summed E-state index contributed by atoms with van der Waals surface area (Å²) < 4.78 is 1.92. The number of hydrogen-bond donors (Lipinski definition) is 1. The maximum Gasteiger partial charge on any atom is 0.193 e. The Kier molecular flexibility index (Phi) is 6.31. The predicted molar refractivity (Wildman–Crippen MR) is 79.8 cm³/mol. The van der Waals surface area contributed by atoms with Crippen molar-refractivity contribution in [3.8, 4) is 0 Å². The van der Waals surface area contributed by atoms with Crippen LogP contribution in [0.4, 0.5) is 0 Å². The van der Waals surface area contributed by atoms with Crippen molar-refractivity contribution in [2.75, 3.05) is 26.7 Å². The fourth-order valence-corrected chi connectivity index (χ4v) is 1.98. The maximum absolute atomic E-state index is 4.29. The quantitative estimate of drug-likeness (QED) is 0.506. The van der Waals surface area contributed by atoms with Gasteiger partial charge in [-0.25, -0.2) is 0 Å². The number of hydrogen-bond acceptors (Lipinski definition) is 2. The number of rotatable bonds is 3. The second-order valence-corrected chi connectivity index (χ2v) is 3.94. The van der Waals surface area contributed by atoms with E-state index < -0.39 is 0 Å². The molecule has 0 amide bonds. The van der Waals surface area contributed by atoms with Crippen LogP contribution in [-0.4, -0.2) is 47.3 Å². The number of aromatic nitrogens is 2. The first-order valence-electron chi connectivity index (χ1n) is 5.83. The third-order valence-corrected chi connectivity index (χ3v) is 2.80. The molecule has 1 aromatic heterocycles. The Balaban J connectivity index is 0.00000144. The van der Waals surface area contributed by atoms with Gasteiger partial charge >= 0.3 is 0 Å². The SMILES string of the molecule is CN=C(NCCn1cccn1)N1CCCC1.I. The number of aliphatic imine (C=N–C) groups is 1. The molecule has 17 heavy (non-hydrogen) atoms. The van der Waals surface area contributed by atoms with Crippen LogP contribution >= 0.6 is 24.0 Å². The Morgan fingerprint density at radius 3 is 2.76 bits per heavy atom. The van der Waals surface area contributed by atoms with Crippen molar-refractivity contribution in [1.29, 1.82) is 0 Å². The van der Waals surface area contributed by atoms with Gasteiger partial charge in [0.15, 0.2) is 5.96 Å². The number of likely N-dealkylation sites (tertiary alicyclic amines) is 1. The molecule has 1 aliphatic heterocycles. The summed E-state index contributed by atoms with van der Waals surface area (Å²) in [5, 5.41) is 7.52. The molecule has 5 nitrogen and oxygen atoms in total. The first-order valence-corrected chi connectivity index (χ1v) is 5.83. The minimum Gasteiger partial charge on any atom is -0.354 e. The molecule has 1 saturated heterocycles. The summed E-state index contributed by atoms with van der Waals surface area (Å²) in [5.41, 5.74) is 0. The van der Waals surface area contributed by atoms with Gasteiger partial charge in [-0.15, -0.1) is 24.0 Å². The molecule has 0 aliphatic carbocycles. The van der Waals surface area contributed by atoms with Crippen LogP contribution in [0.2, 0.25) is 0 Å². The lowest BCUT2D eigenvalue weighted by atomic mass is 10.4. The molecule has 6 heteroatoms. The molecule has 0 atom stereocenters. The molecule has 0 bridgehead atoms. The van der Waals surface area contributed by atoms with E-state index in [1.165, 1.54) is 12.8 Å². The van der Waals surface area contributed by atoms with E-state index in [1.807, 2.05) is 24.0 Å². The smallest absolute Gasteiger partial charge is 0.193 e. The fourth-order valence-electron chi connectivity index (χ4n) is 1.98. The van der Waals surface area contributed by atoms with Crippen LogP contribution in [0, 0.1) is 0 Å². The first-order chi connectivity index (χ1) is 7.90. The average molecular weight is 349 g/mol. The van der Waals surface area contributed by atoms with Gasteiger partial charge in [-0.2, -0.15) is 5.10 Å². The number of halogens is 1. The van der Waals surface area contributed by atoms with E-state index in [0.29, 0.717) is 0 Å². The van der Waals surface area contributed by atoms with Crippen molar-refractivity contribution in [1.82, 2.24) is 20.0 Å². The highest BCUT2D eigenvalue weighted by molar-refractivity contribution is 14.0. The molecule has 0 unspecified atom stereocenters. The first kappa shape index (κ1) is 14.3. The van der Waals surface area contributed by atoms with Crippen molar-refractivity contribution in [2.45, 2.75) is 19.4 Å². The van der Waals surface area contributed by atoms with Gasteiger partial charge in [0.25, 0.3) is 0 Å². The van der Waals surface area contributed by atoms with Crippen molar-refractivity contribution < 1.29 is 0 Å². The summed E-state index contributed by atoms with van der Waals surface area (Å²) in [5.74, 6) is 1.02. The Morgan fingerprint density at radius 1 is 1.41 bits per heavy atom. The minimum atomic E-state index is 0. The van der Waals surface area contributed by atoms with Crippen LogP contribution < -0.4 is 5.32 Å². The Bertz CT molecular complexity index is 330. The molecule has 0 saturated carbocycles. The van der Waals surface area contributed by atoms with Gasteiger partial charge < -0.3 is 10.2 Å². The Morgan fingerprint density at radius 2 is 2.18 bits per heavy atom. The van der Waals surface area contributed by atoms with Crippen LogP contribution in [0.3, 0.4) is 0 Å². The monoisotopic (exact) mass is 349 g/mol. The summed E-state index contributed by atoms with van der Waals surface area (Å²) in [6, 6.07) is 1.94. The summed E-state index contributed by atoms with van der Waals surface area (Å²) >= 11 is 0. The zero-order valence-electron chi connectivity index (χ0n) is 10.2. The Labute approximate surface area is 119 Å². The fraction of sp³-hybridized carbons (Fsp3) is 0.636. The van der Waals surface area contributed by atoms with Gasteiger partial charge in [0.2, 0.25) is 0 Å². The molecule has 1 aromatic rings. The van der Waals surface area contributed by atoms with E-state index in [-0.39, 0.29) is 24.0 Å². The Hall–Kier alpha value is -0.790. The van der Waals surface area contributed by atoms with E-state index in [1.54, 1.807) is 6.20 Å². The molecule has 0 aromatic carbocycles. The van der Waals surface area contributed by atoms with E-state index >= 15 is 0 Å². The van der Waals surface area contributed by atoms with Gasteiger partial charge in [0.05, 0.1) is 6.54 Å². The third-order valence-electron chi connectivity index (χ3n) is 2.80. The van der Waals surface area contributed by atoms with Crippen LogP contribution in [-0.2, 0) is 6.54 Å². The van der Waals surface area contributed by atoms with E-state index in [2.05, 4.69) is 20.3 Å². The van der Waals surface area contributed by atoms with Crippen molar-refractivity contribution in [2.24, 2.45) is 4.99 Å². The van der Waals surface area contributed by atoms with Crippen molar-refractivity contribution in [3.05, 3.63) is 18.5 Å². The van der Waals surface area contributed by atoms with Gasteiger partial charge in [0.1, 0.15) is 0 Å². The summed E-state index contributed by atoms with van der Waals surface area (Å²) in [6.07, 6.45) is 6.33. The molecular weight excluding hydrogens is 329 g/mol. The zero-order valence-corrected chi connectivity index (χ0v) is 12.5. The predicted octanol–water partition coefficient (Wildman–Crippen LogP) is 1.17. The standard InChI is InChI=1S/C11H19N5.HI/c1-12-11(15-7-2-3-8-15)13-6-10-16-9-4-5-14-16;/h4-5,9H,2-3,6-8,10H2,1H3,(H,12,13);1H. The van der Waals surface area contributed by atoms with E-state index in [4.69, 9.17) is 0 Å². The average Bonchev–Trinajstić information content (AvgIpc) is 2.96. The highest BCUT2D eigenvalue weighted by Crippen LogP contribution is 2.06. The molecule has 96 valence electrons. The summed E-state index contributed by atoms with van der Waals surface area (Å²) in [6.45, 7) is 3.99. The molecule has 0 spiro atoms. The largest absolute Gasteiger partial charge is 0.354 e. The van der Waals surface area contributed by atoms with Crippen LogP contribution in [0.5, 0.6) is 0 Å². The van der Waals surface area contributed by atoms with Gasteiger partial charge in [-0.1, -0.05) is 0 Å². The van der Waals surface area contributed by atoms with E-state index in [9.17, 15) is 0 Å². The highest BCUT2D eigenvalue weighted by atomic mass is 127. The molecular formula is C11H20IN5. The molecule has 1 N–H and O–H groups in total. The van der Waals surface area contributed by atoms with Gasteiger partial charge in [0, 0.05) is 39.1 Å². The minimum absolute atomic E-state index is 0. The lowest BCUT2D eigenvalue weighted by Gasteiger charge is -2.20. The van der Waals surface area contributed by atoms with Crippen LogP contribution in [0.1, 0.15) is 12.8 Å². The molecule has 1 fully saturated rings. The third kappa shape index (κ3) is 4.18. The van der Waals surface area contributed by atoms with E-state index in [0.717, 1.165) is 32.1 Å². The second kappa shape index (κ2) is 7.52. The van der Waals surface area contributed by atoms with Crippen molar-refractivity contribution in [3.63, 3.8) is 0 Å². The van der Waals surface area contributed by atoms with Gasteiger partial charge in [-0.3, -0.25) is 9.67 Å². The van der Waals surface area contributed by atoms with Gasteiger partial charge in [-0.05, 0) is 18.9 Å². The molecule has 2 rings (SSSR count). The number of nitrogens with one attached hydrogen (secondary N) is 1. The lowest BCUT2D eigenvalue weighted by molar-refractivity contribution is 0.485. The van der Waals surface area contributed by atoms with Crippen LogP contribution in [0.25, 0.3) is 0 Å². The molecule has 2 heterocycles. The summed E-state index contributed by atoms with van der Waals surface area (Å²) in [7, 11) is 1.84. The highest BCUT2D eigenvalue weighted by Gasteiger charge is 2.14. The van der Waals surface area contributed by atoms with Crippen molar-refractivity contribution >= 4 is 29.9 Å². The maximum atomic E-state index is 4.29. The van der Waals surface area contributed by atoms with Crippen LogP contribution in [0.15, 0.2) is 23.5 Å². The normalized spacial score (nSPS) is 15.8. The molecule has 0 radical (unpaired) electrons. The molecule has 1 aliphatic rings. The number of guanidine groups is 1. The zero-order chi connectivity index (χ0) is 11.2. The number of nitrogens with zero attached hydrogens (tertiary/aromatic N) is 4. The summed E-state index contributed by atoms with van der Waals surface area (Å²) in [4.78, 5) is 6.60. The lowest BCUT2D eigenvalue weighted by Crippen LogP contribution is -2.40. The second-order valence-electron chi connectivity index (χ2n) is 3.94. The topological polar surface area (TPSA) is 45.5 Å².